The Balaban J connectivity index is 1.70. The van der Waals surface area contributed by atoms with E-state index in [-0.39, 0.29) is 0 Å². The van der Waals surface area contributed by atoms with Gasteiger partial charge in [-0.15, -0.1) is 0 Å². The minimum absolute atomic E-state index is 0.767. The average Bonchev–Trinajstić information content (AvgIpc) is 3.23. The van der Waals surface area contributed by atoms with Crippen molar-refractivity contribution in [2.45, 2.75) is 74.7 Å². The monoisotopic (exact) mass is 380 g/mol. The highest BCUT2D eigenvalue weighted by molar-refractivity contribution is 8.33. The Bertz CT molecular complexity index is 725. The fraction of sp³-hybridized carbons (Fsp3) is 0.538. The van der Waals surface area contributed by atoms with E-state index in [1.165, 1.54) is 38.5 Å². The van der Waals surface area contributed by atoms with E-state index in [4.69, 9.17) is 0 Å². The van der Waals surface area contributed by atoms with Crippen LogP contribution in [-0.2, 0) is 0 Å². The van der Waals surface area contributed by atoms with Crippen molar-refractivity contribution in [1.82, 2.24) is 0 Å². The summed E-state index contributed by atoms with van der Waals surface area (Å²) in [4.78, 5) is 0. The summed E-state index contributed by atoms with van der Waals surface area (Å²) in [5.41, 5.74) is 6.71. The molecule has 4 rings (SSSR count). The SMILES string of the molecule is CCCC1CC(S(C)(C)C2CC(CCC)c3ccccc32)c2ccccc21. The van der Waals surface area contributed by atoms with Crippen LogP contribution in [0, 0.1) is 0 Å². The normalized spacial score (nSPS) is 27.4. The molecule has 0 N–H and O–H groups in total. The van der Waals surface area contributed by atoms with E-state index >= 15 is 0 Å². The molecule has 0 saturated heterocycles. The number of hydrogen-bond donors (Lipinski definition) is 0. The van der Waals surface area contributed by atoms with Crippen LogP contribution in [0.1, 0.15) is 97.0 Å². The molecule has 2 aromatic carbocycles. The van der Waals surface area contributed by atoms with Gasteiger partial charge >= 0.3 is 0 Å². The molecular formula is C26H36S. The van der Waals surface area contributed by atoms with Crippen LogP contribution in [0.3, 0.4) is 0 Å². The molecule has 0 spiro atoms. The minimum atomic E-state index is -0.768. The molecule has 0 saturated carbocycles. The van der Waals surface area contributed by atoms with Crippen LogP contribution in [0.25, 0.3) is 0 Å². The smallest absolute Gasteiger partial charge is 0.0149 e. The van der Waals surface area contributed by atoms with Gasteiger partial charge < -0.3 is 0 Å². The maximum atomic E-state index is 2.65. The molecule has 0 nitrogen and oxygen atoms in total. The maximum absolute atomic E-state index is 2.65. The Hall–Kier alpha value is -1.21. The van der Waals surface area contributed by atoms with Crippen LogP contribution in [-0.4, -0.2) is 12.5 Å². The topological polar surface area (TPSA) is 0 Å². The molecule has 0 aliphatic heterocycles. The average molecular weight is 381 g/mol. The van der Waals surface area contributed by atoms with Crippen molar-refractivity contribution < 1.29 is 0 Å². The molecule has 27 heavy (non-hydrogen) atoms. The highest BCUT2D eigenvalue weighted by atomic mass is 32.3. The molecule has 0 heterocycles. The fourth-order valence-corrected chi connectivity index (χ4v) is 9.56. The first-order valence-electron chi connectivity index (χ1n) is 11.0. The minimum Gasteiger partial charge on any atom is -0.233 e. The molecule has 4 unspecified atom stereocenters. The van der Waals surface area contributed by atoms with Crippen LogP contribution >= 0.6 is 10.0 Å². The molecular weight excluding hydrogens is 344 g/mol. The predicted molar refractivity (Wildman–Crippen MR) is 122 cm³/mol. The van der Waals surface area contributed by atoms with Gasteiger partial charge in [0.25, 0.3) is 0 Å². The van der Waals surface area contributed by atoms with Gasteiger partial charge in [0.1, 0.15) is 0 Å². The van der Waals surface area contributed by atoms with Gasteiger partial charge in [-0.3, -0.25) is 0 Å². The Kier molecular flexibility index (Phi) is 5.43. The first kappa shape index (κ1) is 19.1. The number of hydrogen-bond acceptors (Lipinski definition) is 0. The standard InChI is InChI=1S/C26H36S/c1-5-11-19-17-25(23-15-9-7-13-21(19)23)27(3,4)26-18-20(12-6-2)22-14-8-10-16-24(22)26/h7-10,13-16,19-20,25-26H,5-6,11-12,17-18H2,1-4H3. The van der Waals surface area contributed by atoms with Gasteiger partial charge in [-0.05, 0) is 72.3 Å². The largest absolute Gasteiger partial charge is 0.233 e. The third kappa shape index (κ3) is 3.27. The van der Waals surface area contributed by atoms with Gasteiger partial charge in [-0.1, -0.05) is 75.2 Å². The molecule has 146 valence electrons. The second kappa shape index (κ2) is 7.66. The zero-order valence-electron chi connectivity index (χ0n) is 17.6. The van der Waals surface area contributed by atoms with Crippen LogP contribution in [0.15, 0.2) is 48.5 Å². The predicted octanol–water partition coefficient (Wildman–Crippen LogP) is 8.11. The van der Waals surface area contributed by atoms with Crippen molar-refractivity contribution >= 4 is 10.0 Å². The lowest BCUT2D eigenvalue weighted by Gasteiger charge is -2.45. The van der Waals surface area contributed by atoms with E-state index < -0.39 is 10.0 Å². The first-order chi connectivity index (χ1) is 13.1. The summed E-state index contributed by atoms with van der Waals surface area (Å²) in [6.07, 6.45) is 13.4. The van der Waals surface area contributed by atoms with Crippen molar-refractivity contribution in [2.24, 2.45) is 0 Å². The highest BCUT2D eigenvalue weighted by Crippen LogP contribution is 2.73. The molecule has 0 radical (unpaired) electrons. The molecule has 0 amide bonds. The number of fused-ring (bicyclic) bond motifs is 2. The second-order valence-electron chi connectivity index (χ2n) is 9.16. The third-order valence-corrected chi connectivity index (χ3v) is 11.1. The molecule has 0 fully saturated rings. The summed E-state index contributed by atoms with van der Waals surface area (Å²) < 4.78 is 0. The number of rotatable bonds is 6. The molecule has 1 heteroatoms. The van der Waals surface area contributed by atoms with Crippen molar-refractivity contribution in [3.8, 4) is 0 Å². The molecule has 0 bridgehead atoms. The van der Waals surface area contributed by atoms with E-state index in [2.05, 4.69) is 74.9 Å². The summed E-state index contributed by atoms with van der Waals surface area (Å²) in [7, 11) is -0.768. The van der Waals surface area contributed by atoms with Crippen LogP contribution in [0.5, 0.6) is 0 Å². The summed E-state index contributed by atoms with van der Waals surface area (Å²) in [6, 6.07) is 18.8. The quantitative estimate of drug-likeness (QED) is 0.475. The van der Waals surface area contributed by atoms with Crippen LogP contribution in [0.4, 0.5) is 0 Å². The molecule has 4 atom stereocenters. The summed E-state index contributed by atoms with van der Waals surface area (Å²) in [5, 5.41) is 1.53. The highest BCUT2D eigenvalue weighted by Gasteiger charge is 2.44. The van der Waals surface area contributed by atoms with E-state index in [1.54, 1.807) is 22.3 Å². The first-order valence-corrected chi connectivity index (χ1v) is 13.5. The summed E-state index contributed by atoms with van der Waals surface area (Å²) in [5.74, 6) is 1.57. The van der Waals surface area contributed by atoms with E-state index in [0.717, 1.165) is 22.3 Å². The Labute approximate surface area is 168 Å². The van der Waals surface area contributed by atoms with E-state index in [0.29, 0.717) is 0 Å². The second-order valence-corrected chi connectivity index (χ2v) is 13.3. The van der Waals surface area contributed by atoms with E-state index in [1.807, 2.05) is 0 Å². The van der Waals surface area contributed by atoms with Crippen molar-refractivity contribution in [3.63, 3.8) is 0 Å². The number of benzene rings is 2. The zero-order valence-corrected chi connectivity index (χ0v) is 18.4. The van der Waals surface area contributed by atoms with Gasteiger partial charge in [0.05, 0.1) is 0 Å². The molecule has 0 aromatic heterocycles. The van der Waals surface area contributed by atoms with Crippen molar-refractivity contribution in [3.05, 3.63) is 70.8 Å². The lowest BCUT2D eigenvalue weighted by Crippen LogP contribution is -2.14. The fourth-order valence-electron chi connectivity index (χ4n) is 5.97. The molecule has 2 aromatic rings. The zero-order chi connectivity index (χ0) is 19.0. The lowest BCUT2D eigenvalue weighted by atomic mass is 9.97. The summed E-state index contributed by atoms with van der Waals surface area (Å²) in [6.45, 7) is 4.69. The van der Waals surface area contributed by atoms with Gasteiger partial charge in [-0.25, -0.2) is 10.0 Å². The lowest BCUT2D eigenvalue weighted by molar-refractivity contribution is 0.591. The van der Waals surface area contributed by atoms with Gasteiger partial charge in [-0.2, -0.15) is 0 Å². The van der Waals surface area contributed by atoms with Gasteiger partial charge in [0.2, 0.25) is 0 Å². The van der Waals surface area contributed by atoms with Crippen molar-refractivity contribution in [2.75, 3.05) is 12.5 Å². The van der Waals surface area contributed by atoms with Gasteiger partial charge in [0, 0.05) is 10.5 Å². The van der Waals surface area contributed by atoms with Crippen molar-refractivity contribution in [1.29, 1.82) is 0 Å². The Morgan fingerprint density at radius 3 is 1.41 bits per heavy atom. The van der Waals surface area contributed by atoms with E-state index in [9.17, 15) is 0 Å². The third-order valence-electron chi connectivity index (χ3n) is 7.30. The summed E-state index contributed by atoms with van der Waals surface area (Å²) >= 11 is 0. The van der Waals surface area contributed by atoms with Crippen LogP contribution in [0.2, 0.25) is 0 Å². The molecule has 2 aliphatic carbocycles. The van der Waals surface area contributed by atoms with Gasteiger partial charge in [0.15, 0.2) is 0 Å². The molecule has 2 aliphatic rings. The maximum Gasteiger partial charge on any atom is 0.0149 e. The Morgan fingerprint density at radius 1 is 0.667 bits per heavy atom. The van der Waals surface area contributed by atoms with Crippen LogP contribution < -0.4 is 0 Å². The Morgan fingerprint density at radius 2 is 1.04 bits per heavy atom.